The summed E-state index contributed by atoms with van der Waals surface area (Å²) in [4.78, 5) is 42.0. The Kier molecular flexibility index (Phi) is 42.9. The second-order valence-electron chi connectivity index (χ2n) is 24.5. The molecule has 86 heavy (non-hydrogen) atoms. The molecule has 0 bridgehead atoms. The van der Waals surface area contributed by atoms with Gasteiger partial charge in [-0.1, -0.05) is 302 Å². The van der Waals surface area contributed by atoms with Gasteiger partial charge in [0, 0.05) is 19.3 Å². The summed E-state index contributed by atoms with van der Waals surface area (Å²) in [5, 5.41) is 0. The van der Waals surface area contributed by atoms with Crippen molar-refractivity contribution in [2.75, 3.05) is 6.61 Å². The van der Waals surface area contributed by atoms with Crippen LogP contribution in [0.3, 0.4) is 0 Å². The average Bonchev–Trinajstić information content (AvgIpc) is 1.06. The molecule has 8 nitrogen and oxygen atoms in total. The van der Waals surface area contributed by atoms with Crippen LogP contribution in [0, 0.1) is 0 Å². The minimum absolute atomic E-state index is 0.0748. The maximum absolute atomic E-state index is 14.1. The quantitative estimate of drug-likeness (QED) is 0.0181. The molecule has 0 aliphatic carbocycles. The standard InChI is InChI=1S/C78H120O8/c1-4-7-10-13-16-19-22-25-28-31-34-37-40-43-55-64-72(79)84-75-71(67-82-78(68-58-49-46-50-59-68,69-60-51-47-52-61-69)70-62-53-48-54-63-70)83-77(86-74(81)66-57-45-42-39-36-33-30-27-24-21-18-15-12-9-6-3)76(75)85-73(80)65-56-44-41-38-35-32-29-26-23-20-17-14-11-8-5-2/h25-30,46-54,58-63,71,75-77H,4-24,31-45,55-57,64-67H2,1-3H3/b28-25-,29-26-,30-27-/t71-,75-,76-,77+/m1/s1. The molecule has 1 saturated heterocycles. The first-order chi connectivity index (χ1) is 42.4. The Morgan fingerprint density at radius 3 is 0.930 bits per heavy atom. The number of esters is 3. The van der Waals surface area contributed by atoms with Crippen molar-refractivity contribution in [3.05, 3.63) is 144 Å². The van der Waals surface area contributed by atoms with E-state index in [1.807, 2.05) is 54.6 Å². The van der Waals surface area contributed by atoms with E-state index in [0.29, 0.717) is 19.3 Å². The van der Waals surface area contributed by atoms with E-state index < -0.39 is 48.1 Å². The van der Waals surface area contributed by atoms with Gasteiger partial charge in [0.05, 0.1) is 6.61 Å². The number of rotatable bonds is 54. The van der Waals surface area contributed by atoms with E-state index >= 15 is 0 Å². The van der Waals surface area contributed by atoms with Crippen LogP contribution in [0.2, 0.25) is 0 Å². The number of hydrogen-bond donors (Lipinski definition) is 0. The number of carbonyl (C=O) groups excluding carboxylic acids is 3. The van der Waals surface area contributed by atoms with Crippen LogP contribution < -0.4 is 0 Å². The Bertz CT molecular complexity index is 2090. The minimum atomic E-state index is -1.30. The highest BCUT2D eigenvalue weighted by Crippen LogP contribution is 2.42. The summed E-state index contributed by atoms with van der Waals surface area (Å²) in [7, 11) is 0. The minimum Gasteiger partial charge on any atom is -0.455 e. The summed E-state index contributed by atoms with van der Waals surface area (Å²) in [6.07, 6.45) is 55.2. The van der Waals surface area contributed by atoms with Gasteiger partial charge < -0.3 is 23.7 Å². The van der Waals surface area contributed by atoms with E-state index in [4.69, 9.17) is 23.7 Å². The molecule has 480 valence electrons. The zero-order valence-corrected chi connectivity index (χ0v) is 54.6. The zero-order valence-electron chi connectivity index (χ0n) is 54.6. The molecule has 1 fully saturated rings. The number of ether oxygens (including phenoxy) is 5. The van der Waals surface area contributed by atoms with Crippen LogP contribution in [-0.4, -0.2) is 49.1 Å². The van der Waals surface area contributed by atoms with Crippen LogP contribution in [0.25, 0.3) is 0 Å². The van der Waals surface area contributed by atoms with Gasteiger partial charge >= 0.3 is 17.9 Å². The molecule has 3 aromatic rings. The number of unbranched alkanes of at least 4 members (excludes halogenated alkanes) is 33. The maximum Gasteiger partial charge on any atom is 0.308 e. The molecular weight excluding hydrogens is 1060 g/mol. The highest BCUT2D eigenvalue weighted by atomic mass is 16.8. The van der Waals surface area contributed by atoms with Crippen LogP contribution in [0.1, 0.15) is 307 Å². The van der Waals surface area contributed by atoms with Gasteiger partial charge in [-0.05, 0) is 113 Å². The van der Waals surface area contributed by atoms with Gasteiger partial charge in [-0.25, -0.2) is 0 Å². The van der Waals surface area contributed by atoms with Crippen molar-refractivity contribution in [2.45, 2.75) is 321 Å². The number of benzene rings is 3. The lowest BCUT2D eigenvalue weighted by Gasteiger charge is -2.37. The topological polar surface area (TPSA) is 97.4 Å². The van der Waals surface area contributed by atoms with Gasteiger partial charge in [0.1, 0.15) is 11.7 Å². The van der Waals surface area contributed by atoms with Crippen molar-refractivity contribution < 1.29 is 38.1 Å². The molecular formula is C78H120O8. The van der Waals surface area contributed by atoms with Crippen LogP contribution in [0.4, 0.5) is 0 Å². The van der Waals surface area contributed by atoms with Gasteiger partial charge in [0.2, 0.25) is 12.4 Å². The summed E-state index contributed by atoms with van der Waals surface area (Å²) in [5.41, 5.74) is 1.59. The van der Waals surface area contributed by atoms with Crippen LogP contribution in [0.5, 0.6) is 0 Å². The van der Waals surface area contributed by atoms with Crippen LogP contribution in [-0.2, 0) is 43.7 Å². The lowest BCUT2D eigenvalue weighted by atomic mass is 9.80. The molecule has 4 atom stereocenters. The Labute approximate surface area is 524 Å². The first-order valence-corrected chi connectivity index (χ1v) is 35.4. The van der Waals surface area contributed by atoms with E-state index in [1.165, 1.54) is 135 Å². The van der Waals surface area contributed by atoms with E-state index in [2.05, 4.69) is 93.6 Å². The molecule has 0 radical (unpaired) electrons. The second-order valence-corrected chi connectivity index (χ2v) is 24.5. The summed E-state index contributed by atoms with van der Waals surface area (Å²) >= 11 is 0. The van der Waals surface area contributed by atoms with Crippen molar-refractivity contribution in [2.24, 2.45) is 0 Å². The van der Waals surface area contributed by atoms with Crippen molar-refractivity contribution in [1.29, 1.82) is 0 Å². The molecule has 0 unspecified atom stereocenters. The maximum atomic E-state index is 14.1. The highest BCUT2D eigenvalue weighted by Gasteiger charge is 2.53. The summed E-state index contributed by atoms with van der Waals surface area (Å²) in [6, 6.07) is 30.3. The molecule has 1 heterocycles. The van der Waals surface area contributed by atoms with Crippen molar-refractivity contribution in [1.82, 2.24) is 0 Å². The van der Waals surface area contributed by atoms with E-state index in [-0.39, 0.29) is 25.9 Å². The molecule has 0 spiro atoms. The lowest BCUT2D eigenvalue weighted by Crippen LogP contribution is -2.44. The third-order valence-electron chi connectivity index (χ3n) is 17.0. The molecule has 1 aliphatic heterocycles. The smallest absolute Gasteiger partial charge is 0.308 e. The Morgan fingerprint density at radius 2 is 0.616 bits per heavy atom. The zero-order chi connectivity index (χ0) is 61.1. The molecule has 3 aromatic carbocycles. The normalized spacial score (nSPS) is 16.2. The lowest BCUT2D eigenvalue weighted by molar-refractivity contribution is -0.200. The van der Waals surface area contributed by atoms with Crippen molar-refractivity contribution >= 4 is 17.9 Å². The predicted octanol–water partition coefficient (Wildman–Crippen LogP) is 22.2. The molecule has 0 saturated carbocycles. The monoisotopic (exact) mass is 1180 g/mol. The molecule has 0 amide bonds. The highest BCUT2D eigenvalue weighted by molar-refractivity contribution is 5.71. The largest absolute Gasteiger partial charge is 0.455 e. The van der Waals surface area contributed by atoms with Crippen LogP contribution >= 0.6 is 0 Å². The van der Waals surface area contributed by atoms with Crippen molar-refractivity contribution in [3.63, 3.8) is 0 Å². The summed E-state index contributed by atoms with van der Waals surface area (Å²) in [6.45, 7) is 6.71. The molecule has 1 aliphatic rings. The SMILES string of the molecule is CCCCCCCC/C=C\CCCCCCCC(=O)O[C@@H]1O[C@H](COC(c2ccccc2)(c2ccccc2)c2ccccc2)[C@@H](OC(=O)CCCCCCC/C=C\CCCCCCCC)[C@H]1OC(=O)CCCCCCC/C=C\CCCCCCCC. The number of carbonyl (C=O) groups is 3. The molecule has 0 N–H and O–H groups in total. The van der Waals surface area contributed by atoms with Gasteiger partial charge in [-0.2, -0.15) is 0 Å². The third kappa shape index (κ3) is 32.4. The Hall–Kier alpha value is -4.79. The van der Waals surface area contributed by atoms with Gasteiger partial charge in [0.25, 0.3) is 0 Å². The second kappa shape index (κ2) is 50.1. The van der Waals surface area contributed by atoms with E-state index in [9.17, 15) is 14.4 Å². The fraction of sp³-hybridized carbons (Fsp3) is 0.654. The van der Waals surface area contributed by atoms with Gasteiger partial charge in [0.15, 0.2) is 6.10 Å². The summed E-state index contributed by atoms with van der Waals surface area (Å²) in [5.74, 6) is -1.26. The van der Waals surface area contributed by atoms with Crippen molar-refractivity contribution in [3.8, 4) is 0 Å². The Morgan fingerprint density at radius 1 is 0.349 bits per heavy atom. The first kappa shape index (κ1) is 73.7. The van der Waals surface area contributed by atoms with Crippen LogP contribution in [0.15, 0.2) is 127 Å². The average molecular weight is 1190 g/mol. The van der Waals surface area contributed by atoms with Gasteiger partial charge in [-0.3, -0.25) is 14.4 Å². The summed E-state index contributed by atoms with van der Waals surface area (Å²) < 4.78 is 33.0. The molecule has 0 aromatic heterocycles. The molecule has 4 rings (SSSR count). The third-order valence-corrected chi connectivity index (χ3v) is 17.0. The van der Waals surface area contributed by atoms with Gasteiger partial charge in [-0.15, -0.1) is 0 Å². The fourth-order valence-electron chi connectivity index (χ4n) is 11.8. The Balaban J connectivity index is 1.44. The van der Waals surface area contributed by atoms with E-state index in [1.54, 1.807) is 0 Å². The predicted molar refractivity (Wildman–Crippen MR) is 358 cm³/mol. The number of hydrogen-bond acceptors (Lipinski definition) is 8. The first-order valence-electron chi connectivity index (χ1n) is 35.4. The molecule has 8 heteroatoms. The fourth-order valence-corrected chi connectivity index (χ4v) is 11.8. The number of allylic oxidation sites excluding steroid dienone is 6. The van der Waals surface area contributed by atoms with E-state index in [0.717, 1.165) is 113 Å².